The second kappa shape index (κ2) is 9.79. The third kappa shape index (κ3) is 4.88. The Morgan fingerprint density at radius 3 is 2.35 bits per heavy atom. The molecule has 1 heterocycles. The molecule has 7 nitrogen and oxygen atoms in total. The number of nitrogens with zero attached hydrogens (tertiary/aromatic N) is 1. The van der Waals surface area contributed by atoms with E-state index in [0.717, 1.165) is 12.1 Å². The molecule has 1 aliphatic heterocycles. The predicted molar refractivity (Wildman–Crippen MR) is 134 cm³/mol. The minimum atomic E-state index is -3.84. The summed E-state index contributed by atoms with van der Waals surface area (Å²) in [5, 5.41) is 1.99. The second-order valence-electron chi connectivity index (χ2n) is 10.5. The van der Waals surface area contributed by atoms with E-state index in [1.807, 2.05) is 0 Å². The van der Waals surface area contributed by atoms with Crippen LogP contribution in [0.5, 0.6) is 0 Å². The van der Waals surface area contributed by atoms with E-state index >= 15 is 8.78 Å². The van der Waals surface area contributed by atoms with Crippen LogP contribution in [0.2, 0.25) is 0 Å². The van der Waals surface area contributed by atoms with Gasteiger partial charge in [-0.15, -0.1) is 0 Å². The van der Waals surface area contributed by atoms with E-state index in [1.54, 1.807) is 44.2 Å². The lowest BCUT2D eigenvalue weighted by atomic mass is 9.54. The van der Waals surface area contributed by atoms with E-state index in [0.29, 0.717) is 18.4 Å². The van der Waals surface area contributed by atoms with Crippen LogP contribution in [0.15, 0.2) is 42.5 Å². The molecule has 2 aliphatic rings. The number of ether oxygens (including phenoxy) is 1. The van der Waals surface area contributed by atoms with E-state index in [-0.39, 0.29) is 36.4 Å². The molecule has 2 fully saturated rings. The number of hydrogen-bond donors (Lipinski definition) is 1. The van der Waals surface area contributed by atoms with Crippen molar-refractivity contribution in [2.75, 3.05) is 7.11 Å². The van der Waals surface area contributed by atoms with Crippen molar-refractivity contribution in [3.05, 3.63) is 70.8 Å². The van der Waals surface area contributed by atoms with Gasteiger partial charge in [-0.3, -0.25) is 9.59 Å². The first-order valence-corrected chi connectivity index (χ1v) is 13.7. The fourth-order valence-corrected chi connectivity index (χ4v) is 8.22. The summed E-state index contributed by atoms with van der Waals surface area (Å²) in [5.74, 6) is -2.65. The van der Waals surface area contributed by atoms with Crippen molar-refractivity contribution in [3.8, 4) is 0 Å². The fraction of sp³-hybridized carbons (Fsp3) is 0.481. The zero-order chi connectivity index (χ0) is 27.2. The van der Waals surface area contributed by atoms with Crippen LogP contribution in [0.3, 0.4) is 0 Å². The summed E-state index contributed by atoms with van der Waals surface area (Å²) in [5.41, 5.74) is -1.85. The number of nitrogens with one attached hydrogen (secondary N) is 1. The van der Waals surface area contributed by atoms with Crippen LogP contribution in [-0.2, 0) is 36.3 Å². The van der Waals surface area contributed by atoms with Crippen LogP contribution in [0.1, 0.15) is 68.4 Å². The Morgan fingerprint density at radius 2 is 1.76 bits per heavy atom. The SMILES string of the molecule is COC(=O)C1(c2cc(F)c(CN3C(C)CCC(c4ccccc4)S3(=O)=O)cc2F)CC(C)(NC(C)=O)C1. The monoisotopic (exact) mass is 534 g/mol. The van der Waals surface area contributed by atoms with Crippen LogP contribution >= 0.6 is 0 Å². The first-order valence-electron chi connectivity index (χ1n) is 12.2. The van der Waals surface area contributed by atoms with Crippen LogP contribution in [0.4, 0.5) is 8.78 Å². The molecule has 1 saturated heterocycles. The molecule has 1 aliphatic carbocycles. The number of benzene rings is 2. The van der Waals surface area contributed by atoms with Gasteiger partial charge in [-0.1, -0.05) is 30.3 Å². The topological polar surface area (TPSA) is 92.8 Å². The fourth-order valence-electron chi connectivity index (χ4n) is 6.03. The van der Waals surface area contributed by atoms with Gasteiger partial charge in [-0.2, -0.15) is 4.31 Å². The third-order valence-electron chi connectivity index (χ3n) is 7.61. The molecule has 4 rings (SSSR count). The molecule has 2 aromatic rings. The number of esters is 1. The largest absolute Gasteiger partial charge is 0.468 e. The summed E-state index contributed by atoms with van der Waals surface area (Å²) in [6.45, 7) is 4.50. The molecule has 1 N–H and O–H groups in total. The van der Waals surface area contributed by atoms with Gasteiger partial charge in [0, 0.05) is 36.2 Å². The molecule has 0 spiro atoms. The number of hydrogen-bond acceptors (Lipinski definition) is 5. The summed E-state index contributed by atoms with van der Waals surface area (Å²) in [6, 6.07) is 10.4. The van der Waals surface area contributed by atoms with Gasteiger partial charge in [0.1, 0.15) is 22.3 Å². The Kier molecular flexibility index (Phi) is 7.20. The molecule has 37 heavy (non-hydrogen) atoms. The lowest BCUT2D eigenvalue weighted by Crippen LogP contribution is -2.65. The molecule has 1 saturated carbocycles. The Morgan fingerprint density at radius 1 is 1.11 bits per heavy atom. The van der Waals surface area contributed by atoms with Crippen molar-refractivity contribution in [1.82, 2.24) is 9.62 Å². The Labute approximate surface area is 216 Å². The zero-order valence-electron chi connectivity index (χ0n) is 21.4. The molecule has 10 heteroatoms. The van der Waals surface area contributed by atoms with Gasteiger partial charge >= 0.3 is 5.97 Å². The minimum absolute atomic E-state index is 0.0399. The van der Waals surface area contributed by atoms with E-state index in [9.17, 15) is 18.0 Å². The summed E-state index contributed by atoms with van der Waals surface area (Å²) in [7, 11) is -2.67. The first-order chi connectivity index (χ1) is 17.3. The van der Waals surface area contributed by atoms with Crippen molar-refractivity contribution >= 4 is 21.9 Å². The molecular weight excluding hydrogens is 502 g/mol. The maximum atomic E-state index is 15.5. The highest BCUT2D eigenvalue weighted by atomic mass is 32.2. The molecule has 1 amide bonds. The lowest BCUT2D eigenvalue weighted by molar-refractivity contribution is -0.156. The maximum absolute atomic E-state index is 15.5. The Balaban J connectivity index is 1.65. The average Bonchev–Trinajstić information content (AvgIpc) is 2.81. The third-order valence-corrected chi connectivity index (χ3v) is 9.98. The summed E-state index contributed by atoms with van der Waals surface area (Å²) >= 11 is 0. The van der Waals surface area contributed by atoms with Gasteiger partial charge in [0.15, 0.2) is 0 Å². The number of halogens is 2. The quantitative estimate of drug-likeness (QED) is 0.563. The number of sulfonamides is 1. The van der Waals surface area contributed by atoms with E-state index in [2.05, 4.69) is 5.32 Å². The van der Waals surface area contributed by atoms with Crippen molar-refractivity contribution in [3.63, 3.8) is 0 Å². The van der Waals surface area contributed by atoms with Crippen LogP contribution in [-0.4, -0.2) is 43.3 Å². The normalized spacial score (nSPS) is 29.2. The standard InChI is InChI=1S/C27H32F2N2O5S/c1-17-10-11-24(19-8-6-5-7-9-19)37(34,35)31(17)14-20-12-23(29)21(13-22(20)28)27(25(33)36-4)15-26(3,16-27)30-18(2)32/h5-9,12-13,17,24H,10-11,14-16H2,1-4H3,(H,30,32). The van der Waals surface area contributed by atoms with Gasteiger partial charge < -0.3 is 10.1 Å². The highest BCUT2D eigenvalue weighted by Crippen LogP contribution is 2.52. The molecule has 2 atom stereocenters. The van der Waals surface area contributed by atoms with Crippen LogP contribution in [0, 0.1) is 11.6 Å². The van der Waals surface area contributed by atoms with Gasteiger partial charge in [0.05, 0.1) is 7.11 Å². The molecule has 200 valence electrons. The van der Waals surface area contributed by atoms with Gasteiger partial charge in [-0.05, 0) is 57.2 Å². The number of amides is 1. The average molecular weight is 535 g/mol. The molecular formula is C27H32F2N2O5S. The molecule has 0 radical (unpaired) electrons. The molecule has 0 bridgehead atoms. The number of carbonyl (C=O) groups excluding carboxylic acids is 2. The van der Waals surface area contributed by atoms with Gasteiger partial charge in [-0.25, -0.2) is 17.2 Å². The van der Waals surface area contributed by atoms with Crippen LogP contribution in [0.25, 0.3) is 0 Å². The summed E-state index contributed by atoms with van der Waals surface area (Å²) in [4.78, 5) is 24.3. The molecule has 0 aromatic heterocycles. The number of methoxy groups -OCH3 is 1. The predicted octanol–water partition coefficient (Wildman–Crippen LogP) is 4.12. The number of carbonyl (C=O) groups is 2. The van der Waals surface area contributed by atoms with Crippen molar-refractivity contribution in [2.24, 2.45) is 0 Å². The summed E-state index contributed by atoms with van der Waals surface area (Å²) in [6.07, 6.45) is 1.10. The first kappa shape index (κ1) is 27.2. The van der Waals surface area contributed by atoms with E-state index < -0.39 is 49.9 Å². The minimum Gasteiger partial charge on any atom is -0.468 e. The van der Waals surface area contributed by atoms with Crippen LogP contribution < -0.4 is 5.32 Å². The smallest absolute Gasteiger partial charge is 0.316 e. The maximum Gasteiger partial charge on any atom is 0.316 e. The van der Waals surface area contributed by atoms with Crippen molar-refractivity contribution in [2.45, 2.75) is 75.2 Å². The summed E-state index contributed by atoms with van der Waals surface area (Å²) < 4.78 is 64.1. The van der Waals surface area contributed by atoms with Crippen molar-refractivity contribution in [1.29, 1.82) is 0 Å². The van der Waals surface area contributed by atoms with Crippen molar-refractivity contribution < 1.29 is 31.5 Å². The molecule has 2 unspecified atom stereocenters. The second-order valence-corrected chi connectivity index (χ2v) is 12.6. The highest BCUT2D eigenvalue weighted by Gasteiger charge is 2.60. The molecule has 2 aromatic carbocycles. The lowest BCUT2D eigenvalue weighted by Gasteiger charge is -2.53. The van der Waals surface area contributed by atoms with E-state index in [1.165, 1.54) is 18.3 Å². The van der Waals surface area contributed by atoms with Gasteiger partial charge in [0.25, 0.3) is 0 Å². The number of rotatable bonds is 6. The zero-order valence-corrected chi connectivity index (χ0v) is 22.2. The highest BCUT2D eigenvalue weighted by molar-refractivity contribution is 7.89. The van der Waals surface area contributed by atoms with E-state index in [4.69, 9.17) is 4.74 Å². The Hall–Kier alpha value is -2.85. The van der Waals surface area contributed by atoms with Gasteiger partial charge in [0.2, 0.25) is 15.9 Å². The Bertz CT molecular complexity index is 1310.